The minimum atomic E-state index is -0.447. The van der Waals surface area contributed by atoms with Gasteiger partial charge < -0.3 is 15.4 Å². The molecule has 2 amide bonds. The van der Waals surface area contributed by atoms with Gasteiger partial charge in [0, 0.05) is 6.54 Å². The molecule has 1 aliphatic carbocycles. The van der Waals surface area contributed by atoms with Crippen molar-refractivity contribution in [2.24, 2.45) is 11.7 Å². The van der Waals surface area contributed by atoms with E-state index in [0.29, 0.717) is 19.1 Å². The molecule has 0 unspecified atom stereocenters. The maximum atomic E-state index is 12.0. The molecule has 0 aromatic rings. The van der Waals surface area contributed by atoms with Crippen molar-refractivity contribution in [3.8, 4) is 0 Å². The molecule has 0 saturated heterocycles. The highest BCUT2D eigenvalue weighted by Crippen LogP contribution is 2.29. The van der Waals surface area contributed by atoms with Gasteiger partial charge in [0.25, 0.3) is 0 Å². The van der Waals surface area contributed by atoms with E-state index in [1.807, 2.05) is 0 Å². The molecular formula is C12H20N2O4S. The number of thioether (sulfide) groups is 1. The van der Waals surface area contributed by atoms with Crippen molar-refractivity contribution in [3.05, 3.63) is 0 Å². The summed E-state index contributed by atoms with van der Waals surface area (Å²) in [6.07, 6.45) is 2.20. The number of amides is 2. The smallest absolute Gasteiger partial charge is 0.325 e. The fourth-order valence-corrected chi connectivity index (χ4v) is 2.22. The number of carbonyl (C=O) groups excluding carboxylic acids is 3. The number of carbonyl (C=O) groups is 3. The van der Waals surface area contributed by atoms with Gasteiger partial charge in [-0.25, -0.2) is 0 Å². The molecule has 1 rings (SSSR count). The van der Waals surface area contributed by atoms with Crippen LogP contribution in [0.5, 0.6) is 0 Å². The normalized spacial score (nSPS) is 13.9. The number of hydrogen-bond acceptors (Lipinski definition) is 5. The molecule has 1 aliphatic rings. The van der Waals surface area contributed by atoms with Crippen molar-refractivity contribution in [2.75, 3.05) is 31.2 Å². The van der Waals surface area contributed by atoms with Crippen molar-refractivity contribution in [3.63, 3.8) is 0 Å². The van der Waals surface area contributed by atoms with Gasteiger partial charge in [-0.05, 0) is 25.7 Å². The molecule has 108 valence electrons. The van der Waals surface area contributed by atoms with E-state index in [2.05, 4.69) is 0 Å². The molecule has 19 heavy (non-hydrogen) atoms. The second-order valence-electron chi connectivity index (χ2n) is 4.48. The Labute approximate surface area is 117 Å². The van der Waals surface area contributed by atoms with E-state index in [0.717, 1.165) is 12.8 Å². The van der Waals surface area contributed by atoms with Crippen LogP contribution in [0.3, 0.4) is 0 Å². The zero-order chi connectivity index (χ0) is 14.3. The van der Waals surface area contributed by atoms with Gasteiger partial charge in [0.1, 0.15) is 6.54 Å². The third-order valence-corrected chi connectivity index (χ3v) is 3.56. The quantitative estimate of drug-likeness (QED) is 0.603. The van der Waals surface area contributed by atoms with Crippen LogP contribution in [0.2, 0.25) is 0 Å². The maximum Gasteiger partial charge on any atom is 0.325 e. The lowest BCUT2D eigenvalue weighted by Gasteiger charge is -2.21. The highest BCUT2D eigenvalue weighted by molar-refractivity contribution is 8.00. The van der Waals surface area contributed by atoms with Gasteiger partial charge in [-0.15, -0.1) is 11.8 Å². The summed E-state index contributed by atoms with van der Waals surface area (Å²) in [5.41, 5.74) is 5.01. The van der Waals surface area contributed by atoms with Crippen molar-refractivity contribution in [1.82, 2.24) is 4.90 Å². The summed E-state index contributed by atoms with van der Waals surface area (Å²) in [5.74, 6) is -0.212. The van der Waals surface area contributed by atoms with Crippen LogP contribution in [0.25, 0.3) is 0 Å². The van der Waals surface area contributed by atoms with Gasteiger partial charge in [0.15, 0.2) is 0 Å². The molecule has 1 saturated carbocycles. The Morgan fingerprint density at radius 1 is 1.32 bits per heavy atom. The molecule has 0 heterocycles. The Bertz CT molecular complexity index is 345. The summed E-state index contributed by atoms with van der Waals surface area (Å²) in [6, 6.07) is 0. The first-order valence-corrected chi connectivity index (χ1v) is 7.47. The molecular weight excluding hydrogens is 268 g/mol. The van der Waals surface area contributed by atoms with E-state index in [-0.39, 0.29) is 24.0 Å². The first-order chi connectivity index (χ1) is 9.02. The van der Waals surface area contributed by atoms with Gasteiger partial charge in [0.05, 0.1) is 18.1 Å². The third-order valence-electron chi connectivity index (χ3n) is 2.62. The van der Waals surface area contributed by atoms with Crippen LogP contribution in [-0.2, 0) is 19.1 Å². The molecule has 0 radical (unpaired) electrons. The highest BCUT2D eigenvalue weighted by atomic mass is 32.2. The Kier molecular flexibility index (Phi) is 6.69. The van der Waals surface area contributed by atoms with Crippen molar-refractivity contribution in [2.45, 2.75) is 19.8 Å². The van der Waals surface area contributed by atoms with Crippen LogP contribution in [0.1, 0.15) is 19.8 Å². The first-order valence-electron chi connectivity index (χ1n) is 6.32. The molecule has 2 N–H and O–H groups in total. The second kappa shape index (κ2) is 8.04. The highest BCUT2D eigenvalue weighted by Gasteiger charge is 2.28. The van der Waals surface area contributed by atoms with Gasteiger partial charge in [0.2, 0.25) is 11.8 Å². The predicted octanol–water partition coefficient (Wildman–Crippen LogP) is 0.00660. The van der Waals surface area contributed by atoms with Gasteiger partial charge in [-0.3, -0.25) is 14.4 Å². The molecule has 0 aromatic heterocycles. The monoisotopic (exact) mass is 288 g/mol. The largest absolute Gasteiger partial charge is 0.465 e. The molecule has 0 bridgehead atoms. The van der Waals surface area contributed by atoms with E-state index >= 15 is 0 Å². The fraction of sp³-hybridized carbons (Fsp3) is 0.750. The topological polar surface area (TPSA) is 89.7 Å². The zero-order valence-electron chi connectivity index (χ0n) is 11.1. The Morgan fingerprint density at radius 2 is 2.00 bits per heavy atom. The Balaban J connectivity index is 2.39. The van der Waals surface area contributed by atoms with Gasteiger partial charge in [-0.2, -0.15) is 0 Å². The number of nitrogens with two attached hydrogens (primary N) is 1. The van der Waals surface area contributed by atoms with E-state index < -0.39 is 11.9 Å². The summed E-state index contributed by atoms with van der Waals surface area (Å²) < 4.78 is 4.85. The van der Waals surface area contributed by atoms with Crippen molar-refractivity contribution < 1.29 is 19.1 Å². The van der Waals surface area contributed by atoms with Crippen LogP contribution in [0.4, 0.5) is 0 Å². The summed E-state index contributed by atoms with van der Waals surface area (Å²) in [5, 5.41) is 0. The number of esters is 1. The number of hydrogen-bond donors (Lipinski definition) is 1. The third kappa shape index (κ3) is 7.05. The molecule has 0 aromatic carbocycles. The maximum absolute atomic E-state index is 12.0. The number of rotatable bonds is 9. The van der Waals surface area contributed by atoms with Crippen LogP contribution in [-0.4, -0.2) is 53.9 Å². The minimum absolute atomic E-state index is 0.0136. The summed E-state index contributed by atoms with van der Waals surface area (Å²) in [6.45, 7) is 2.61. The van der Waals surface area contributed by atoms with Crippen molar-refractivity contribution >= 4 is 29.5 Å². The lowest BCUT2D eigenvalue weighted by Crippen LogP contribution is -2.39. The van der Waals surface area contributed by atoms with Crippen molar-refractivity contribution in [1.29, 1.82) is 0 Å². The van der Waals surface area contributed by atoms with E-state index in [9.17, 15) is 14.4 Å². The SMILES string of the molecule is CCOC(=O)CN(CC1CC1)C(=O)CSCC(N)=O. The van der Waals surface area contributed by atoms with E-state index in [1.165, 1.54) is 16.7 Å². The lowest BCUT2D eigenvalue weighted by molar-refractivity contribution is -0.148. The zero-order valence-corrected chi connectivity index (χ0v) is 11.9. The molecule has 7 heteroatoms. The summed E-state index contributed by atoms with van der Waals surface area (Å²) in [4.78, 5) is 35.5. The standard InChI is InChI=1S/C12H20N2O4S/c1-2-18-12(17)6-14(5-9-3-4-9)11(16)8-19-7-10(13)15/h9H,2-8H2,1H3,(H2,13,15). The first kappa shape index (κ1) is 15.8. The second-order valence-corrected chi connectivity index (χ2v) is 5.47. The predicted molar refractivity (Wildman–Crippen MR) is 72.5 cm³/mol. The fourth-order valence-electron chi connectivity index (χ4n) is 1.56. The van der Waals surface area contributed by atoms with Gasteiger partial charge in [-0.1, -0.05) is 0 Å². The number of ether oxygens (including phenoxy) is 1. The lowest BCUT2D eigenvalue weighted by atomic mass is 10.3. The van der Waals surface area contributed by atoms with E-state index in [4.69, 9.17) is 10.5 Å². The molecule has 0 aliphatic heterocycles. The Hall–Kier alpha value is -1.24. The van der Waals surface area contributed by atoms with Crippen LogP contribution in [0, 0.1) is 5.92 Å². The summed E-state index contributed by atoms with van der Waals surface area (Å²) in [7, 11) is 0. The van der Waals surface area contributed by atoms with E-state index in [1.54, 1.807) is 6.92 Å². The van der Waals surface area contributed by atoms with Crippen LogP contribution < -0.4 is 5.73 Å². The van der Waals surface area contributed by atoms with Gasteiger partial charge >= 0.3 is 5.97 Å². The average molecular weight is 288 g/mol. The molecule has 0 spiro atoms. The minimum Gasteiger partial charge on any atom is -0.465 e. The Morgan fingerprint density at radius 3 is 2.53 bits per heavy atom. The molecule has 6 nitrogen and oxygen atoms in total. The number of nitrogens with zero attached hydrogens (tertiary/aromatic N) is 1. The molecule has 0 atom stereocenters. The average Bonchev–Trinajstić information content (AvgIpc) is 3.11. The van der Waals surface area contributed by atoms with Crippen LogP contribution in [0.15, 0.2) is 0 Å². The number of primary amides is 1. The molecule has 1 fully saturated rings. The summed E-state index contributed by atoms with van der Waals surface area (Å²) >= 11 is 1.17. The van der Waals surface area contributed by atoms with Crippen LogP contribution >= 0.6 is 11.8 Å².